The Labute approximate surface area is 222 Å². The Morgan fingerprint density at radius 3 is 0.944 bits per heavy atom. The Hall–Kier alpha value is 0.576. The van der Waals surface area contributed by atoms with E-state index in [2.05, 4.69) is 4.81 Å². The molecule has 0 heterocycles. The quantitative estimate of drug-likeness (QED) is 0.0801. The molecule has 0 saturated carbocycles. The molecule has 0 amide bonds. The van der Waals surface area contributed by atoms with Crippen LogP contribution in [0.25, 0.3) is 0 Å². The van der Waals surface area contributed by atoms with Crippen molar-refractivity contribution in [3.63, 3.8) is 0 Å². The second-order valence-electron chi connectivity index (χ2n) is 9.99. The minimum Gasteiger partial charge on any atom is 0 e. The molecule has 0 atom stereocenters. The maximum atomic E-state index is 9.56. The summed E-state index contributed by atoms with van der Waals surface area (Å²) in [4.78, 5) is 22.0. The van der Waals surface area contributed by atoms with Crippen LogP contribution in [0.1, 0.15) is 1.43 Å². The van der Waals surface area contributed by atoms with Crippen molar-refractivity contribution in [1.82, 2.24) is 0 Å². The summed E-state index contributed by atoms with van der Waals surface area (Å²) in [6.07, 6.45) is 0. The van der Waals surface area contributed by atoms with Gasteiger partial charge in [0.1, 0.15) is 0 Å². The molecule has 15 nitrogen and oxygen atoms in total. The molecule has 0 aliphatic heterocycles. The first-order valence-corrected chi connectivity index (χ1v) is 27.6. The number of rotatable bonds is 13. The Morgan fingerprint density at radius 2 is 0.778 bits per heavy atom. The zero-order valence-corrected chi connectivity index (χ0v) is 29.1. The molecule has 24 heteroatoms. The van der Waals surface area contributed by atoms with Crippen LogP contribution in [0.3, 0.4) is 0 Å². The van der Waals surface area contributed by atoms with Gasteiger partial charge in [-0.15, -0.1) is 0 Å². The normalized spacial score (nSPS) is 13.0. The summed E-state index contributed by atoms with van der Waals surface area (Å²) in [6, 6.07) is 0. The van der Waals surface area contributed by atoms with Gasteiger partial charge in [0.2, 0.25) is 0 Å². The molecule has 0 spiro atoms. The molecule has 0 aliphatic carbocycles. The molecule has 36 heavy (non-hydrogen) atoms. The van der Waals surface area contributed by atoms with Gasteiger partial charge < -0.3 is 54.8 Å². The van der Waals surface area contributed by atoms with E-state index in [9.17, 15) is 9.59 Å². The first kappa shape index (κ1) is 41.1. The van der Waals surface area contributed by atoms with Crippen molar-refractivity contribution in [2.45, 2.75) is 78.6 Å². The molecule has 0 unspecified atom stereocenters. The summed E-state index contributed by atoms with van der Waals surface area (Å²) in [5, 5.41) is 42.3. The monoisotopic (exact) mass is 630 g/mol. The van der Waals surface area contributed by atoms with Gasteiger partial charge in [0.05, 0.1) is 0 Å². The van der Waals surface area contributed by atoms with Crippen LogP contribution in [0.4, 0.5) is 0 Å². The van der Waals surface area contributed by atoms with Crippen LogP contribution in [-0.4, -0.2) is 108 Å². The summed E-state index contributed by atoms with van der Waals surface area (Å²) in [5.41, 5.74) is 0. The van der Waals surface area contributed by atoms with Gasteiger partial charge in [-0.3, -0.25) is 0 Å². The van der Waals surface area contributed by atoms with E-state index in [1.807, 2.05) is 13.1 Å². The zero-order valence-electron chi connectivity index (χ0n) is 23.1. The summed E-state index contributed by atoms with van der Waals surface area (Å²) in [7, 11) is -19.5. The average Bonchev–Trinajstić information content (AvgIpc) is 2.45. The van der Waals surface area contributed by atoms with Gasteiger partial charge in [-0.25, -0.2) is 0 Å². The largest absolute Gasteiger partial charge is 0 e. The second kappa shape index (κ2) is 16.6. The topological polar surface area (TPSA) is 223 Å². The van der Waals surface area contributed by atoms with Crippen LogP contribution < -0.4 is 0 Å². The third-order valence-electron chi connectivity index (χ3n) is 2.80. The fourth-order valence-corrected chi connectivity index (χ4v) is 24.6. The van der Waals surface area contributed by atoms with Crippen molar-refractivity contribution in [3.8, 4) is 0 Å². The van der Waals surface area contributed by atoms with Gasteiger partial charge in [-0.2, -0.15) is 0 Å². The van der Waals surface area contributed by atoms with Crippen LogP contribution in [0.5, 0.6) is 0 Å². The fraction of sp³-hybridized carbons (Fsp3) is 1.00. The molecule has 216 valence electrons. The Kier molecular flexibility index (Phi) is 19.0. The van der Waals surface area contributed by atoms with Crippen molar-refractivity contribution < 1.29 is 71.0 Å². The van der Waals surface area contributed by atoms with Crippen LogP contribution in [0.2, 0.25) is 78.6 Å². The van der Waals surface area contributed by atoms with Gasteiger partial charge in [0, 0.05) is 1.43 Å². The average molecular weight is 630 g/mol. The molecular formula is C12H45B3O15Si6. The fourth-order valence-electron chi connectivity index (χ4n) is 2.98. The van der Waals surface area contributed by atoms with Gasteiger partial charge in [-0.05, 0) is 78.6 Å². The van der Waals surface area contributed by atoms with Crippen molar-refractivity contribution >= 4 is 73.4 Å². The van der Waals surface area contributed by atoms with E-state index in [1.165, 1.54) is 0 Å². The van der Waals surface area contributed by atoms with E-state index >= 15 is 0 Å². The summed E-state index contributed by atoms with van der Waals surface area (Å²) < 4.78 is 41.0. The summed E-state index contributed by atoms with van der Waals surface area (Å²) >= 11 is 0. The van der Waals surface area contributed by atoms with Crippen molar-refractivity contribution in [3.05, 3.63) is 0 Å². The maximum Gasteiger partial charge on any atom is 0 e. The summed E-state index contributed by atoms with van der Waals surface area (Å²) in [6.45, 7) is 20.5. The molecule has 0 radical (unpaired) electrons. The van der Waals surface area contributed by atoms with E-state index in [4.69, 9.17) is 55.2 Å². The predicted molar refractivity (Wildman–Crippen MR) is 148 cm³/mol. The smallest absolute Gasteiger partial charge is 0 e. The standard InChI is InChI=1S/C6H22B2O8Si3.C6H20O4Si3.BHO3.H2/c1-17(2,13-7(9)10)15-19(5,6)16-18(3,4)14-8(11)12;1-11(2,7)9-13(5,6)10-12(3,4)8;2-1-4-3;/h9-12H,1-6H3;7-8H,1-6H3;3H;1H. The van der Waals surface area contributed by atoms with Gasteiger partial charge in [0.25, 0.3) is 0 Å². The molecule has 0 aromatic rings. The zero-order chi connectivity index (χ0) is 29.8. The number of hydrogen-bond acceptors (Lipinski definition) is 15. The van der Waals surface area contributed by atoms with E-state index < -0.39 is 66.0 Å². The van der Waals surface area contributed by atoms with Gasteiger partial charge in [0.15, 0.2) is 0 Å². The minimum absolute atomic E-state index is 0. The van der Waals surface area contributed by atoms with E-state index in [0.29, 0.717) is 0 Å². The first-order valence-electron chi connectivity index (χ1n) is 10.6. The van der Waals surface area contributed by atoms with Crippen molar-refractivity contribution in [2.24, 2.45) is 0 Å². The third-order valence-corrected chi connectivity index (χ3v) is 20.1. The molecular weight excluding hydrogens is 585 g/mol. The summed E-state index contributed by atoms with van der Waals surface area (Å²) in [5.74, 6) is 0. The Balaban J connectivity index is -0.000000262. The van der Waals surface area contributed by atoms with Crippen LogP contribution in [-0.2, 0) is 34.7 Å². The first-order chi connectivity index (χ1) is 15.6. The molecule has 0 fully saturated rings. The van der Waals surface area contributed by atoms with Crippen LogP contribution in [0, 0.1) is 0 Å². The second-order valence-corrected chi connectivity index (χ2v) is 30.7. The minimum atomic E-state index is -2.76. The van der Waals surface area contributed by atoms with Crippen molar-refractivity contribution in [2.75, 3.05) is 0 Å². The predicted octanol–water partition coefficient (Wildman–Crippen LogP) is -0.106. The Bertz CT molecular complexity index is 579. The van der Waals surface area contributed by atoms with Crippen LogP contribution >= 0.6 is 0 Å². The molecule has 0 saturated heterocycles. The third kappa shape index (κ3) is 30.8. The molecule has 0 bridgehead atoms. The molecule has 0 aromatic carbocycles. The maximum absolute atomic E-state index is 9.56. The molecule has 0 rings (SSSR count). The SMILES string of the molecule is C[Si](C)(O)O[Si](C)(C)O[Si](C)(C)O.C[Si](C)(OB(O)O)O[Si](C)(C)O[Si](C)(C)OB(O)O.O=BOO.[HH]. The van der Waals surface area contributed by atoms with Crippen molar-refractivity contribution in [1.29, 1.82) is 0 Å². The van der Waals surface area contributed by atoms with Gasteiger partial charge >= 0.3 is 88.1 Å². The number of hydrogen-bond donors (Lipinski definition) is 7. The molecule has 0 aromatic heterocycles. The van der Waals surface area contributed by atoms with Crippen LogP contribution in [0.15, 0.2) is 0 Å². The van der Waals surface area contributed by atoms with E-state index in [-0.39, 0.29) is 8.78 Å². The molecule has 7 N–H and O–H groups in total. The molecule has 0 aliphatic rings. The van der Waals surface area contributed by atoms with E-state index in [0.717, 1.165) is 0 Å². The van der Waals surface area contributed by atoms with Gasteiger partial charge in [-0.1, -0.05) is 0 Å². The Morgan fingerprint density at radius 1 is 0.556 bits per heavy atom. The van der Waals surface area contributed by atoms with E-state index in [1.54, 1.807) is 65.5 Å².